The quantitative estimate of drug-likeness (QED) is 0.838. The van der Waals surface area contributed by atoms with Crippen LogP contribution in [0.1, 0.15) is 18.0 Å². The molecule has 17 heavy (non-hydrogen) atoms. The highest BCUT2D eigenvalue weighted by molar-refractivity contribution is 5.19. The molecule has 2 unspecified atom stereocenters. The first kappa shape index (κ1) is 12.6. The second-order valence-corrected chi connectivity index (χ2v) is 4.69. The maximum atomic E-state index is 5.38. The molecule has 0 amide bonds. The molecular formula is C14H22N2O. The molecule has 1 aromatic rings. The molecule has 2 rings (SSSR count). The second-order valence-electron chi connectivity index (χ2n) is 4.69. The first-order valence-corrected chi connectivity index (χ1v) is 6.29. The fraction of sp³-hybridized carbons (Fsp3) is 0.571. The summed E-state index contributed by atoms with van der Waals surface area (Å²) in [6, 6.07) is 11.6. The Kier molecular flexibility index (Phi) is 4.54. The smallest absolute Gasteiger partial charge is 0.0659 e. The minimum atomic E-state index is 0.353. The summed E-state index contributed by atoms with van der Waals surface area (Å²) in [6.45, 7) is 2.96. The lowest BCUT2D eigenvalue weighted by Crippen LogP contribution is -2.38. The highest BCUT2D eigenvalue weighted by Gasteiger charge is 2.26. The predicted octanol–water partition coefficient (Wildman–Crippen LogP) is 1.67. The number of benzene rings is 1. The molecule has 1 aliphatic heterocycles. The molecule has 0 radical (unpaired) electrons. The van der Waals surface area contributed by atoms with Crippen LogP contribution in [0.2, 0.25) is 0 Å². The van der Waals surface area contributed by atoms with Crippen molar-refractivity contribution in [2.45, 2.75) is 18.5 Å². The third-order valence-corrected chi connectivity index (χ3v) is 3.61. The van der Waals surface area contributed by atoms with Crippen LogP contribution in [0.25, 0.3) is 0 Å². The molecule has 0 bridgehead atoms. The lowest BCUT2D eigenvalue weighted by molar-refractivity contribution is 0.0844. The van der Waals surface area contributed by atoms with Gasteiger partial charge in [0.2, 0.25) is 0 Å². The summed E-state index contributed by atoms with van der Waals surface area (Å²) in [5.41, 5.74) is 1.34. The zero-order valence-electron chi connectivity index (χ0n) is 10.7. The number of rotatable bonds is 5. The van der Waals surface area contributed by atoms with E-state index in [0.29, 0.717) is 12.1 Å². The predicted molar refractivity (Wildman–Crippen MR) is 70.1 cm³/mol. The number of methoxy groups -OCH3 is 1. The topological polar surface area (TPSA) is 24.5 Å². The lowest BCUT2D eigenvalue weighted by Gasteiger charge is -2.32. The van der Waals surface area contributed by atoms with Gasteiger partial charge in [0, 0.05) is 19.7 Å². The molecule has 3 heteroatoms. The van der Waals surface area contributed by atoms with Crippen molar-refractivity contribution in [2.75, 3.05) is 33.9 Å². The summed E-state index contributed by atoms with van der Waals surface area (Å²) in [6.07, 6.45) is 1.23. The van der Waals surface area contributed by atoms with Crippen molar-refractivity contribution < 1.29 is 4.74 Å². The Morgan fingerprint density at radius 3 is 2.76 bits per heavy atom. The zero-order chi connectivity index (χ0) is 12.1. The van der Waals surface area contributed by atoms with Crippen LogP contribution in [-0.2, 0) is 4.74 Å². The van der Waals surface area contributed by atoms with E-state index in [1.807, 2.05) is 0 Å². The number of hydrogen-bond acceptors (Lipinski definition) is 3. The van der Waals surface area contributed by atoms with Gasteiger partial charge < -0.3 is 10.1 Å². The van der Waals surface area contributed by atoms with Crippen LogP contribution >= 0.6 is 0 Å². The Morgan fingerprint density at radius 2 is 2.18 bits per heavy atom. The van der Waals surface area contributed by atoms with Gasteiger partial charge in [-0.15, -0.1) is 0 Å². The van der Waals surface area contributed by atoms with Crippen molar-refractivity contribution in [3.05, 3.63) is 35.9 Å². The Balaban J connectivity index is 2.10. The molecule has 1 heterocycles. The van der Waals surface area contributed by atoms with Gasteiger partial charge in [-0.1, -0.05) is 30.3 Å². The van der Waals surface area contributed by atoms with Crippen LogP contribution in [0.4, 0.5) is 0 Å². The van der Waals surface area contributed by atoms with Crippen molar-refractivity contribution in [1.82, 2.24) is 10.2 Å². The number of ether oxygens (including phenoxy) is 1. The van der Waals surface area contributed by atoms with Crippen LogP contribution in [0, 0.1) is 0 Å². The number of hydrogen-bond donors (Lipinski definition) is 1. The molecular weight excluding hydrogens is 212 g/mol. The number of nitrogens with zero attached hydrogens (tertiary/aromatic N) is 1. The first-order chi connectivity index (χ1) is 8.33. The third-order valence-electron chi connectivity index (χ3n) is 3.61. The van der Waals surface area contributed by atoms with E-state index < -0.39 is 0 Å². The van der Waals surface area contributed by atoms with Gasteiger partial charge in [-0.25, -0.2) is 0 Å². The minimum absolute atomic E-state index is 0.353. The first-order valence-electron chi connectivity index (χ1n) is 6.29. The van der Waals surface area contributed by atoms with Crippen LogP contribution in [0.5, 0.6) is 0 Å². The SMILES string of the molecule is COCC(c1ccccc1)N(C)C1CCNC1. The number of nitrogens with one attached hydrogen (secondary N) is 1. The average molecular weight is 234 g/mol. The summed E-state index contributed by atoms with van der Waals surface area (Å²) >= 11 is 0. The molecule has 1 N–H and O–H groups in total. The largest absolute Gasteiger partial charge is 0.383 e. The monoisotopic (exact) mass is 234 g/mol. The normalized spacial score (nSPS) is 21.9. The van der Waals surface area contributed by atoms with Crippen molar-refractivity contribution in [3.63, 3.8) is 0 Å². The molecule has 1 aliphatic rings. The third kappa shape index (κ3) is 3.06. The van der Waals surface area contributed by atoms with Crippen molar-refractivity contribution in [1.29, 1.82) is 0 Å². The fourth-order valence-electron chi connectivity index (χ4n) is 2.52. The van der Waals surface area contributed by atoms with E-state index in [1.54, 1.807) is 7.11 Å². The number of likely N-dealkylation sites (N-methyl/N-ethyl adjacent to an activating group) is 1. The molecule has 3 nitrogen and oxygen atoms in total. The summed E-state index contributed by atoms with van der Waals surface area (Å²) in [5, 5.41) is 3.42. The molecule has 0 saturated carbocycles. The van der Waals surface area contributed by atoms with Crippen LogP contribution < -0.4 is 5.32 Å². The second kappa shape index (κ2) is 6.15. The van der Waals surface area contributed by atoms with Gasteiger partial charge in [0.25, 0.3) is 0 Å². The molecule has 0 aliphatic carbocycles. The molecule has 94 valence electrons. The van der Waals surface area contributed by atoms with Crippen molar-refractivity contribution >= 4 is 0 Å². The molecule has 0 spiro atoms. The molecule has 0 aromatic heterocycles. The van der Waals surface area contributed by atoms with Crippen LogP contribution in [0.15, 0.2) is 30.3 Å². The summed E-state index contributed by atoms with van der Waals surface area (Å²) in [7, 11) is 3.98. The van der Waals surface area contributed by atoms with E-state index in [0.717, 1.165) is 19.7 Å². The van der Waals surface area contributed by atoms with Gasteiger partial charge >= 0.3 is 0 Å². The molecule has 1 saturated heterocycles. The summed E-state index contributed by atoms with van der Waals surface area (Å²) in [4.78, 5) is 2.44. The van der Waals surface area contributed by atoms with Gasteiger partial charge in [0.05, 0.1) is 12.6 Å². The van der Waals surface area contributed by atoms with E-state index in [-0.39, 0.29) is 0 Å². The van der Waals surface area contributed by atoms with Gasteiger partial charge in [0.1, 0.15) is 0 Å². The van der Waals surface area contributed by atoms with Gasteiger partial charge in [-0.05, 0) is 25.6 Å². The van der Waals surface area contributed by atoms with Crippen molar-refractivity contribution in [2.24, 2.45) is 0 Å². The van der Waals surface area contributed by atoms with E-state index in [4.69, 9.17) is 4.74 Å². The van der Waals surface area contributed by atoms with E-state index in [2.05, 4.69) is 47.6 Å². The fourth-order valence-corrected chi connectivity index (χ4v) is 2.52. The van der Waals surface area contributed by atoms with Gasteiger partial charge in [-0.2, -0.15) is 0 Å². The highest BCUT2D eigenvalue weighted by atomic mass is 16.5. The van der Waals surface area contributed by atoms with E-state index in [9.17, 15) is 0 Å². The zero-order valence-corrected chi connectivity index (χ0v) is 10.7. The molecule has 1 aromatic carbocycles. The standard InChI is InChI=1S/C14H22N2O/c1-16(13-8-9-15-10-13)14(11-17-2)12-6-4-3-5-7-12/h3-7,13-15H,8-11H2,1-2H3. The lowest BCUT2D eigenvalue weighted by atomic mass is 10.0. The maximum absolute atomic E-state index is 5.38. The Hall–Kier alpha value is -0.900. The highest BCUT2D eigenvalue weighted by Crippen LogP contribution is 2.23. The van der Waals surface area contributed by atoms with E-state index >= 15 is 0 Å². The average Bonchev–Trinajstić information content (AvgIpc) is 2.90. The van der Waals surface area contributed by atoms with Gasteiger partial charge in [-0.3, -0.25) is 4.90 Å². The Bertz CT molecular complexity index is 322. The van der Waals surface area contributed by atoms with Crippen LogP contribution in [0.3, 0.4) is 0 Å². The van der Waals surface area contributed by atoms with Gasteiger partial charge in [0.15, 0.2) is 0 Å². The van der Waals surface area contributed by atoms with E-state index in [1.165, 1.54) is 12.0 Å². The molecule has 2 atom stereocenters. The Labute approximate surface area is 104 Å². The summed E-state index contributed by atoms with van der Waals surface area (Å²) in [5.74, 6) is 0. The minimum Gasteiger partial charge on any atom is -0.383 e. The van der Waals surface area contributed by atoms with Crippen LogP contribution in [-0.4, -0.2) is 44.8 Å². The maximum Gasteiger partial charge on any atom is 0.0659 e. The molecule has 1 fully saturated rings. The Morgan fingerprint density at radius 1 is 1.41 bits per heavy atom. The summed E-state index contributed by atoms with van der Waals surface area (Å²) < 4.78 is 5.38. The van der Waals surface area contributed by atoms with Crippen molar-refractivity contribution in [3.8, 4) is 0 Å².